The third-order valence-electron chi connectivity index (χ3n) is 9.33. The summed E-state index contributed by atoms with van der Waals surface area (Å²) in [4.78, 5) is 45.1. The molecule has 0 saturated carbocycles. The van der Waals surface area contributed by atoms with E-state index >= 15 is 0 Å². The van der Waals surface area contributed by atoms with Gasteiger partial charge in [-0.1, -0.05) is 54.5 Å². The third-order valence-corrected chi connectivity index (χ3v) is 9.33. The number of benzene rings is 3. The first-order chi connectivity index (χ1) is 26.0. The summed E-state index contributed by atoms with van der Waals surface area (Å²) < 4.78 is 14.8. The van der Waals surface area contributed by atoms with Crippen LogP contribution < -0.4 is 0 Å². The summed E-state index contributed by atoms with van der Waals surface area (Å²) in [6, 6.07) is 23.1. The Balaban J connectivity index is 0.939. The Kier molecular flexibility index (Phi) is 8.89. The first-order valence-corrected chi connectivity index (χ1v) is 17.2. The number of imidazole rings is 2. The molecule has 0 amide bonds. The van der Waals surface area contributed by atoms with Crippen molar-refractivity contribution in [1.82, 2.24) is 19.1 Å². The lowest BCUT2D eigenvalue weighted by Gasteiger charge is -2.15. The largest absolute Gasteiger partial charge is 0.461 e. The molecule has 3 aromatic carbocycles. The Morgan fingerprint density at radius 3 is 2.00 bits per heavy atom. The Labute approximate surface area is 305 Å². The Bertz CT molecular complexity index is 2500. The number of carbonyl (C=O) groups is 2. The molecule has 53 heavy (non-hydrogen) atoms. The van der Waals surface area contributed by atoms with Gasteiger partial charge in [0.1, 0.15) is 12.7 Å². The van der Waals surface area contributed by atoms with Crippen LogP contribution in [0.15, 0.2) is 113 Å². The van der Waals surface area contributed by atoms with Crippen molar-refractivity contribution in [2.75, 3.05) is 13.2 Å². The average Bonchev–Trinajstić information content (AvgIpc) is 3.74. The van der Waals surface area contributed by atoms with Crippen LogP contribution in [-0.2, 0) is 22.6 Å². The van der Waals surface area contributed by atoms with Gasteiger partial charge in [0.05, 0.1) is 72.1 Å². The van der Waals surface area contributed by atoms with E-state index in [1.54, 1.807) is 18.7 Å². The van der Waals surface area contributed by atoms with Gasteiger partial charge in [0.25, 0.3) is 0 Å². The van der Waals surface area contributed by atoms with E-state index in [1.807, 2.05) is 81.9 Å². The third kappa shape index (κ3) is 6.26. The summed E-state index contributed by atoms with van der Waals surface area (Å²) in [5.41, 5.74) is 9.52. The van der Waals surface area contributed by atoms with E-state index in [0.29, 0.717) is 22.5 Å². The normalized spacial score (nSPS) is 14.0. The van der Waals surface area contributed by atoms with E-state index in [4.69, 9.17) is 25.9 Å². The van der Waals surface area contributed by atoms with Gasteiger partial charge in [-0.25, -0.2) is 19.6 Å². The van der Waals surface area contributed by atoms with Crippen molar-refractivity contribution in [3.8, 4) is 29.8 Å². The topological polar surface area (TPSA) is 137 Å². The summed E-state index contributed by atoms with van der Waals surface area (Å²) >= 11 is 0. The highest BCUT2D eigenvalue weighted by Crippen LogP contribution is 2.31. The number of nitrogens with zero attached hydrogens (tertiary/aromatic N) is 7. The summed E-state index contributed by atoms with van der Waals surface area (Å²) in [6.45, 7) is 0.416. The zero-order valence-electron chi connectivity index (χ0n) is 28.5. The van der Waals surface area contributed by atoms with Crippen molar-refractivity contribution in [3.05, 3.63) is 154 Å². The maximum Gasteiger partial charge on any atom is 0.358 e. The Morgan fingerprint density at radius 2 is 1.40 bits per heavy atom. The number of rotatable bonds is 8. The van der Waals surface area contributed by atoms with Gasteiger partial charge in [0.2, 0.25) is 0 Å². The van der Waals surface area contributed by atoms with Crippen molar-refractivity contribution in [3.63, 3.8) is 0 Å². The monoisotopic (exact) mass is 697 g/mol. The van der Waals surface area contributed by atoms with E-state index in [2.05, 4.69) is 28.0 Å². The molecule has 1 aliphatic carbocycles. The van der Waals surface area contributed by atoms with Crippen molar-refractivity contribution in [1.29, 1.82) is 5.26 Å². The van der Waals surface area contributed by atoms with Gasteiger partial charge in [-0.15, -0.1) is 6.42 Å². The fourth-order valence-corrected chi connectivity index (χ4v) is 6.76. The molecule has 11 heteroatoms. The smallest absolute Gasteiger partial charge is 0.358 e. The number of aliphatic imine (C=N–C) groups is 2. The highest BCUT2D eigenvalue weighted by Gasteiger charge is 2.28. The van der Waals surface area contributed by atoms with Crippen molar-refractivity contribution in [2.24, 2.45) is 9.98 Å². The fourth-order valence-electron chi connectivity index (χ4n) is 6.76. The van der Waals surface area contributed by atoms with Crippen LogP contribution in [-0.4, -0.2) is 55.7 Å². The Hall–Kier alpha value is -7.11. The minimum Gasteiger partial charge on any atom is -0.461 e. The lowest BCUT2D eigenvalue weighted by molar-refractivity contribution is 0.0388. The second kappa shape index (κ2) is 14.3. The summed E-state index contributed by atoms with van der Waals surface area (Å²) in [6.07, 6.45) is 17.0. The van der Waals surface area contributed by atoms with Crippen LogP contribution in [0.5, 0.6) is 0 Å². The number of nitriles is 1. The van der Waals surface area contributed by atoms with Crippen LogP contribution in [0.2, 0.25) is 0 Å². The predicted octanol–water partition coefficient (Wildman–Crippen LogP) is 6.24. The zero-order chi connectivity index (χ0) is 36.3. The molecule has 0 atom stereocenters. The maximum atomic E-state index is 13.3. The highest BCUT2D eigenvalue weighted by atomic mass is 16.5. The van der Waals surface area contributed by atoms with Crippen LogP contribution in [0.1, 0.15) is 79.4 Å². The highest BCUT2D eigenvalue weighted by molar-refractivity contribution is 6.16. The number of ether oxygens (including phenoxy) is 2. The number of hydrogen-bond acceptors (Lipinski definition) is 9. The minimum atomic E-state index is -0.600. The van der Waals surface area contributed by atoms with Gasteiger partial charge in [-0.2, -0.15) is 5.26 Å². The molecular weight excluding hydrogens is 667 g/mol. The van der Waals surface area contributed by atoms with Gasteiger partial charge >= 0.3 is 11.9 Å². The zero-order valence-corrected chi connectivity index (χ0v) is 28.5. The SMILES string of the molecule is C#Cc1ccc2c(c1)C(c1ccccc1)=NCc1c(C(=O)OCCCOC(=O)c3ncn4c3CN=C(C3=CC=CCC3)c3cc(C#N)ccc3-4)ncn1-2. The summed E-state index contributed by atoms with van der Waals surface area (Å²) in [5.74, 6) is 1.50. The lowest BCUT2D eigenvalue weighted by atomic mass is 9.93. The van der Waals surface area contributed by atoms with E-state index in [0.717, 1.165) is 57.9 Å². The van der Waals surface area contributed by atoms with Crippen molar-refractivity contribution >= 4 is 23.4 Å². The number of hydrogen-bond donors (Lipinski definition) is 0. The lowest BCUT2D eigenvalue weighted by Crippen LogP contribution is -2.14. The average molecular weight is 698 g/mol. The molecule has 0 bridgehead atoms. The molecule has 11 nitrogen and oxygen atoms in total. The van der Waals surface area contributed by atoms with Gasteiger partial charge in [-0.05, 0) is 54.8 Å². The molecule has 5 aromatic rings. The first kappa shape index (κ1) is 33.1. The molecule has 0 radical (unpaired) electrons. The van der Waals surface area contributed by atoms with Crippen LogP contribution in [0.3, 0.4) is 0 Å². The molecule has 0 fully saturated rings. The maximum absolute atomic E-state index is 13.3. The standard InChI is InChI=1S/C42H31N7O4/c1-2-27-14-16-33-31(20-27)37(29-10-5-3-6-11-29)44-23-35-39(46-25-48(33)35)41(50)52-18-9-19-53-42(51)40-36-24-45-38(30-12-7-4-8-13-30)32-21-28(22-43)15-17-34(32)49(36)26-47-40/h1,3-7,10-12,14-17,20-21,25-26H,8-9,13,18-19,23-24H2. The van der Waals surface area contributed by atoms with Gasteiger partial charge in [-0.3, -0.25) is 19.1 Å². The molecule has 0 unspecified atom stereocenters. The number of terminal acetylenes is 1. The van der Waals surface area contributed by atoms with Gasteiger partial charge in [0, 0.05) is 28.7 Å². The molecule has 0 saturated heterocycles. The van der Waals surface area contributed by atoms with Crippen LogP contribution in [0, 0.1) is 23.7 Å². The number of esters is 2. The molecule has 0 spiro atoms. The number of allylic oxidation sites excluding steroid dienone is 4. The van der Waals surface area contributed by atoms with E-state index < -0.39 is 11.9 Å². The fraction of sp³-hybridized carbons (Fsp3) is 0.167. The van der Waals surface area contributed by atoms with E-state index in [-0.39, 0.29) is 44.1 Å². The van der Waals surface area contributed by atoms with E-state index in [9.17, 15) is 14.9 Å². The molecule has 0 N–H and O–H groups in total. The Morgan fingerprint density at radius 1 is 0.792 bits per heavy atom. The summed E-state index contributed by atoms with van der Waals surface area (Å²) in [5, 5.41) is 9.59. The second-order valence-electron chi connectivity index (χ2n) is 12.5. The first-order valence-electron chi connectivity index (χ1n) is 17.2. The molecule has 3 aliphatic rings. The second-order valence-corrected chi connectivity index (χ2v) is 12.5. The molecule has 4 heterocycles. The number of aromatic nitrogens is 4. The van der Waals surface area contributed by atoms with Crippen molar-refractivity contribution in [2.45, 2.75) is 32.4 Å². The minimum absolute atomic E-state index is 0.00514. The van der Waals surface area contributed by atoms with Crippen LogP contribution >= 0.6 is 0 Å². The molecule has 8 rings (SSSR count). The molecular formula is C42H31N7O4. The van der Waals surface area contributed by atoms with Gasteiger partial charge < -0.3 is 9.47 Å². The predicted molar refractivity (Wildman–Crippen MR) is 197 cm³/mol. The summed E-state index contributed by atoms with van der Waals surface area (Å²) in [7, 11) is 0. The number of fused-ring (bicyclic) bond motifs is 6. The van der Waals surface area contributed by atoms with Crippen LogP contribution in [0.25, 0.3) is 11.4 Å². The molecule has 2 aromatic heterocycles. The van der Waals surface area contributed by atoms with E-state index in [1.165, 1.54) is 0 Å². The van der Waals surface area contributed by atoms with Crippen molar-refractivity contribution < 1.29 is 19.1 Å². The molecule has 258 valence electrons. The number of carbonyl (C=O) groups excluding carboxylic acids is 2. The van der Waals surface area contributed by atoms with Crippen LogP contribution in [0.4, 0.5) is 0 Å². The quantitative estimate of drug-likeness (QED) is 0.106. The molecule has 2 aliphatic heterocycles. The van der Waals surface area contributed by atoms with Gasteiger partial charge in [0.15, 0.2) is 11.4 Å².